The summed E-state index contributed by atoms with van der Waals surface area (Å²) in [5, 5.41) is 29.1. The first-order valence-corrected chi connectivity index (χ1v) is 15.1. The number of rotatable bonds is 14. The number of benzene rings is 2. The maximum Gasteiger partial charge on any atom is 0.435 e. The lowest BCUT2D eigenvalue weighted by Gasteiger charge is -2.17. The summed E-state index contributed by atoms with van der Waals surface area (Å²) in [5.41, 5.74) is 0.427. The van der Waals surface area contributed by atoms with E-state index < -0.39 is 58.4 Å². The number of nitrogens with zero attached hydrogens (tertiary/aromatic N) is 5. The summed E-state index contributed by atoms with van der Waals surface area (Å²) < 4.78 is 78.3. The van der Waals surface area contributed by atoms with Gasteiger partial charge in [-0.1, -0.05) is 36.8 Å². The third-order valence-electron chi connectivity index (χ3n) is 5.99. The molecular formula is C27H31F3N6O9S. The molecule has 1 aromatic heterocycles. The number of hydrogen-bond donors (Lipinski definition) is 2. The summed E-state index contributed by atoms with van der Waals surface area (Å²) in [6.07, 6.45) is -7.25. The third-order valence-corrected chi connectivity index (χ3v) is 7.32. The van der Waals surface area contributed by atoms with E-state index in [0.717, 1.165) is 33.5 Å². The molecule has 0 saturated heterocycles. The van der Waals surface area contributed by atoms with Crippen molar-refractivity contribution in [3.8, 4) is 16.9 Å². The molecule has 0 fully saturated rings. The number of carbonyl (C=O) groups is 2. The average molecular weight is 673 g/mol. The molecule has 2 aromatic carbocycles. The number of ether oxygens (including phenoxy) is 2. The van der Waals surface area contributed by atoms with Crippen LogP contribution in [0.3, 0.4) is 0 Å². The van der Waals surface area contributed by atoms with Gasteiger partial charge in [-0.15, -0.1) is 5.01 Å². The predicted octanol–water partition coefficient (Wildman–Crippen LogP) is 3.68. The van der Waals surface area contributed by atoms with Crippen LogP contribution in [0, 0.1) is 12.1 Å². The molecule has 0 spiro atoms. The van der Waals surface area contributed by atoms with Gasteiger partial charge in [0.1, 0.15) is 19.7 Å². The number of aliphatic hydroxyl groups is 1. The molecule has 0 saturated carbocycles. The van der Waals surface area contributed by atoms with Crippen LogP contribution in [0.2, 0.25) is 0 Å². The number of esters is 1. The summed E-state index contributed by atoms with van der Waals surface area (Å²) in [4.78, 5) is 27.7. The van der Waals surface area contributed by atoms with Crippen molar-refractivity contribution in [2.75, 3.05) is 26.3 Å². The Kier molecular flexibility index (Phi) is 11.9. The molecule has 2 N–H and O–H groups in total. The van der Waals surface area contributed by atoms with Crippen LogP contribution >= 0.6 is 0 Å². The highest BCUT2D eigenvalue weighted by Gasteiger charge is 2.35. The van der Waals surface area contributed by atoms with E-state index in [1.807, 2.05) is 6.92 Å². The van der Waals surface area contributed by atoms with E-state index in [1.165, 1.54) is 19.1 Å². The van der Waals surface area contributed by atoms with Gasteiger partial charge in [-0.3, -0.25) is 9.63 Å². The minimum Gasteiger partial charge on any atom is -0.569 e. The highest BCUT2D eigenvalue weighted by molar-refractivity contribution is 7.90. The molecule has 3 aromatic rings. The Balaban J connectivity index is 1.66. The van der Waals surface area contributed by atoms with Gasteiger partial charge in [-0.2, -0.15) is 18.3 Å². The molecule has 0 aliphatic heterocycles. The predicted molar refractivity (Wildman–Crippen MR) is 152 cm³/mol. The van der Waals surface area contributed by atoms with Crippen molar-refractivity contribution in [2.45, 2.75) is 44.6 Å². The molecule has 0 bridgehead atoms. The second-order valence-electron chi connectivity index (χ2n) is 9.45. The van der Waals surface area contributed by atoms with Gasteiger partial charge in [0.15, 0.2) is 5.69 Å². The minimum atomic E-state index is -4.73. The summed E-state index contributed by atoms with van der Waals surface area (Å²) in [5.74, 6) is -0.595. The molecule has 46 heavy (non-hydrogen) atoms. The van der Waals surface area contributed by atoms with Crippen LogP contribution in [0.1, 0.15) is 31.5 Å². The first kappa shape index (κ1) is 35.6. The number of amides is 1. The fraction of sp³-hybridized carbons (Fsp3) is 0.370. The van der Waals surface area contributed by atoms with Gasteiger partial charge in [0, 0.05) is 18.9 Å². The third kappa shape index (κ3) is 9.80. The standard InChI is InChI=1S/C27H31F3N6O9S/c1-4-25(38)44-19(3)45-33-36(40)34(13-15-37)14-16-43-26(39)32-46(41,42)22-11-9-21(10-12-22)35-23(17-24(31-35)27(28,29)30)20-7-5-18(2)6-8-20/h5-12,17,19,37H,4,13-16H2,1-3H3,(H,32,39)/b36-33-. The largest absolute Gasteiger partial charge is 0.569 e. The lowest BCUT2D eigenvalue weighted by Crippen LogP contribution is -2.38. The average Bonchev–Trinajstić information content (AvgIpc) is 3.46. The lowest BCUT2D eigenvalue weighted by atomic mass is 10.1. The fourth-order valence-corrected chi connectivity index (χ4v) is 4.59. The van der Waals surface area contributed by atoms with E-state index in [1.54, 1.807) is 35.9 Å². The van der Waals surface area contributed by atoms with Crippen molar-refractivity contribution in [1.82, 2.24) is 19.5 Å². The van der Waals surface area contributed by atoms with Crippen molar-refractivity contribution in [3.63, 3.8) is 0 Å². The Morgan fingerprint density at radius 1 is 1.15 bits per heavy atom. The maximum atomic E-state index is 13.5. The quantitative estimate of drug-likeness (QED) is 0.0836. The van der Waals surface area contributed by atoms with Gasteiger partial charge < -0.3 is 19.8 Å². The summed E-state index contributed by atoms with van der Waals surface area (Å²) >= 11 is 0. The van der Waals surface area contributed by atoms with Crippen molar-refractivity contribution in [3.05, 3.63) is 71.1 Å². The maximum absolute atomic E-state index is 13.5. The van der Waals surface area contributed by atoms with Crippen molar-refractivity contribution in [1.29, 1.82) is 0 Å². The minimum absolute atomic E-state index is 0.0681. The monoisotopic (exact) mass is 672 g/mol. The summed E-state index contributed by atoms with van der Waals surface area (Å²) in [6.45, 7) is 3.02. The number of halogens is 3. The fourth-order valence-electron chi connectivity index (χ4n) is 3.70. The van der Waals surface area contributed by atoms with E-state index in [4.69, 9.17) is 14.3 Å². The molecule has 1 atom stereocenters. The number of nitrogens with one attached hydrogen (secondary N) is 1. The lowest BCUT2D eigenvalue weighted by molar-refractivity contribution is -0.713. The van der Waals surface area contributed by atoms with Crippen LogP contribution in [0.15, 0.2) is 64.8 Å². The van der Waals surface area contributed by atoms with Crippen LogP contribution in [-0.4, -0.2) is 77.9 Å². The molecule has 0 aliphatic rings. The number of hydrogen-bond acceptors (Lipinski definition) is 11. The van der Waals surface area contributed by atoms with Crippen molar-refractivity contribution < 1.29 is 55.6 Å². The molecule has 19 heteroatoms. The van der Waals surface area contributed by atoms with Gasteiger partial charge in [-0.25, -0.2) is 22.6 Å². The molecule has 15 nitrogen and oxygen atoms in total. The van der Waals surface area contributed by atoms with Crippen LogP contribution in [0.25, 0.3) is 16.9 Å². The topological polar surface area (TPSA) is 188 Å². The number of aromatic nitrogens is 2. The van der Waals surface area contributed by atoms with Gasteiger partial charge in [0.05, 0.1) is 27.9 Å². The zero-order valence-corrected chi connectivity index (χ0v) is 25.6. The second kappa shape index (κ2) is 15.4. The number of aliphatic hydroxyl groups excluding tert-OH is 1. The Labute approximate surface area is 261 Å². The highest BCUT2D eigenvalue weighted by Crippen LogP contribution is 2.33. The van der Waals surface area contributed by atoms with E-state index in [2.05, 4.69) is 10.4 Å². The van der Waals surface area contributed by atoms with E-state index in [9.17, 15) is 41.5 Å². The smallest absolute Gasteiger partial charge is 0.435 e. The van der Waals surface area contributed by atoms with E-state index in [0.29, 0.717) is 5.56 Å². The van der Waals surface area contributed by atoms with Crippen LogP contribution in [0.5, 0.6) is 0 Å². The van der Waals surface area contributed by atoms with Gasteiger partial charge in [0.25, 0.3) is 16.3 Å². The number of hydrazine groups is 1. The summed E-state index contributed by atoms with van der Waals surface area (Å²) in [6, 6.07) is 12.2. The molecule has 3 rings (SSSR count). The molecule has 0 aliphatic carbocycles. The van der Waals surface area contributed by atoms with Gasteiger partial charge >= 0.3 is 18.2 Å². The SMILES string of the molecule is CCC(=O)OC(C)O/N=[N+](\[O-])N(CCO)CCOC(=O)NS(=O)(=O)c1ccc(-n2nc(C(F)(F)F)cc2-c2ccc(C)cc2)cc1. The molecule has 1 heterocycles. The Morgan fingerprint density at radius 2 is 1.80 bits per heavy atom. The molecule has 1 amide bonds. The van der Waals surface area contributed by atoms with Crippen molar-refractivity contribution >= 4 is 22.1 Å². The van der Waals surface area contributed by atoms with Crippen LogP contribution in [-0.2, 0) is 35.3 Å². The van der Waals surface area contributed by atoms with E-state index in [-0.39, 0.29) is 35.9 Å². The number of aryl methyl sites for hydroxylation is 1. The number of sulfonamides is 1. The highest BCUT2D eigenvalue weighted by atomic mass is 32.2. The Hall–Kier alpha value is -4.91. The molecular weight excluding hydrogens is 641 g/mol. The summed E-state index contributed by atoms with van der Waals surface area (Å²) in [7, 11) is -4.49. The number of carbonyl (C=O) groups excluding carboxylic acids is 2. The van der Waals surface area contributed by atoms with Gasteiger partial charge in [0.2, 0.25) is 5.28 Å². The van der Waals surface area contributed by atoms with Crippen molar-refractivity contribution in [2.24, 2.45) is 5.28 Å². The first-order valence-electron chi connectivity index (χ1n) is 13.6. The normalized spacial score (nSPS) is 12.7. The number of alkyl halides is 3. The first-order chi connectivity index (χ1) is 21.6. The molecule has 0 radical (unpaired) electrons. The van der Waals surface area contributed by atoms with Crippen LogP contribution in [0.4, 0.5) is 18.0 Å². The zero-order chi connectivity index (χ0) is 34.1. The second-order valence-corrected chi connectivity index (χ2v) is 11.1. The molecule has 250 valence electrons. The Bertz CT molecular complexity index is 1630. The van der Waals surface area contributed by atoms with E-state index >= 15 is 0 Å². The molecule has 1 unspecified atom stereocenters. The zero-order valence-electron chi connectivity index (χ0n) is 24.8. The van der Waals surface area contributed by atoms with Gasteiger partial charge in [-0.05, 0) is 37.3 Å². The van der Waals surface area contributed by atoms with Crippen LogP contribution < -0.4 is 4.72 Å². The Morgan fingerprint density at radius 3 is 2.39 bits per heavy atom.